The van der Waals surface area contributed by atoms with Crippen LogP contribution >= 0.6 is 0 Å². The van der Waals surface area contributed by atoms with Gasteiger partial charge in [-0.1, -0.05) is 12.8 Å². The molecule has 1 aliphatic carbocycles. The van der Waals surface area contributed by atoms with Gasteiger partial charge in [0.25, 0.3) is 0 Å². The minimum Gasteiger partial charge on any atom is -0.477 e. The zero-order valence-corrected chi connectivity index (χ0v) is 13.2. The van der Waals surface area contributed by atoms with E-state index in [0.717, 1.165) is 19.3 Å². The molecule has 0 saturated heterocycles. The van der Waals surface area contributed by atoms with Crippen molar-refractivity contribution in [2.24, 2.45) is 0 Å². The van der Waals surface area contributed by atoms with Gasteiger partial charge in [-0.15, -0.1) is 0 Å². The van der Waals surface area contributed by atoms with Gasteiger partial charge in [0.05, 0.1) is 17.9 Å². The van der Waals surface area contributed by atoms with E-state index in [1.54, 1.807) is 13.2 Å². The Hall–Kier alpha value is -1.67. The Labute approximate surface area is 126 Å². The SMILES string of the molecule is COC(C)(C)CCOc1c(N)cc(C#N)n1C1CCCC1. The van der Waals surface area contributed by atoms with Crippen LogP contribution in [0.5, 0.6) is 5.88 Å². The zero-order chi connectivity index (χ0) is 15.5. The molecule has 1 saturated carbocycles. The lowest BCUT2D eigenvalue weighted by atomic mass is 10.1. The molecule has 0 unspecified atom stereocenters. The van der Waals surface area contributed by atoms with Crippen molar-refractivity contribution in [3.05, 3.63) is 11.8 Å². The number of methoxy groups -OCH3 is 1. The van der Waals surface area contributed by atoms with E-state index in [4.69, 9.17) is 15.2 Å². The first-order valence-electron chi connectivity index (χ1n) is 7.57. The molecule has 5 heteroatoms. The maximum atomic E-state index is 9.31. The molecule has 0 amide bonds. The summed E-state index contributed by atoms with van der Waals surface area (Å²) in [5, 5.41) is 9.31. The first kappa shape index (κ1) is 15.7. The predicted octanol–water partition coefficient (Wildman–Crippen LogP) is 3.25. The first-order chi connectivity index (χ1) is 9.98. The number of hydrogen-bond acceptors (Lipinski definition) is 4. The Morgan fingerprint density at radius 2 is 2.10 bits per heavy atom. The van der Waals surface area contributed by atoms with Crippen LogP contribution in [0.1, 0.15) is 57.7 Å². The van der Waals surface area contributed by atoms with Gasteiger partial charge in [-0.25, -0.2) is 0 Å². The van der Waals surface area contributed by atoms with Crippen molar-refractivity contribution in [3.8, 4) is 11.9 Å². The molecule has 1 aromatic heterocycles. The van der Waals surface area contributed by atoms with Gasteiger partial charge in [0, 0.05) is 25.6 Å². The highest BCUT2D eigenvalue weighted by atomic mass is 16.5. The Balaban J connectivity index is 2.15. The number of hydrogen-bond donors (Lipinski definition) is 1. The molecule has 1 fully saturated rings. The number of aromatic nitrogens is 1. The molecule has 0 atom stereocenters. The fourth-order valence-corrected chi connectivity index (χ4v) is 2.79. The third-order valence-electron chi connectivity index (χ3n) is 4.32. The molecule has 2 rings (SSSR count). The lowest BCUT2D eigenvalue weighted by Gasteiger charge is -2.24. The van der Waals surface area contributed by atoms with Crippen molar-refractivity contribution < 1.29 is 9.47 Å². The third kappa shape index (κ3) is 3.51. The summed E-state index contributed by atoms with van der Waals surface area (Å²) in [6.45, 7) is 4.57. The number of anilines is 1. The molecular formula is C16H25N3O2. The van der Waals surface area contributed by atoms with Crippen LogP contribution in [-0.4, -0.2) is 23.9 Å². The van der Waals surface area contributed by atoms with E-state index in [1.165, 1.54) is 12.8 Å². The second-order valence-corrected chi connectivity index (χ2v) is 6.27. The molecule has 2 N–H and O–H groups in total. The van der Waals surface area contributed by atoms with Crippen LogP contribution in [0.25, 0.3) is 0 Å². The van der Waals surface area contributed by atoms with Crippen LogP contribution in [0.3, 0.4) is 0 Å². The summed E-state index contributed by atoms with van der Waals surface area (Å²) in [4.78, 5) is 0. The second-order valence-electron chi connectivity index (χ2n) is 6.27. The lowest BCUT2D eigenvalue weighted by Crippen LogP contribution is -2.25. The van der Waals surface area contributed by atoms with E-state index in [9.17, 15) is 5.26 Å². The summed E-state index contributed by atoms with van der Waals surface area (Å²) in [6.07, 6.45) is 5.33. The third-order valence-corrected chi connectivity index (χ3v) is 4.32. The molecule has 1 aromatic rings. The van der Waals surface area contributed by atoms with Gasteiger partial charge >= 0.3 is 0 Å². The Morgan fingerprint density at radius 1 is 1.43 bits per heavy atom. The van der Waals surface area contributed by atoms with Gasteiger partial charge < -0.3 is 15.2 Å². The van der Waals surface area contributed by atoms with Crippen molar-refractivity contribution in [1.82, 2.24) is 4.57 Å². The normalized spacial score (nSPS) is 16.1. The number of nitrogen functional groups attached to an aromatic ring is 1. The van der Waals surface area contributed by atoms with E-state index in [2.05, 4.69) is 6.07 Å². The van der Waals surface area contributed by atoms with Gasteiger partial charge in [0.15, 0.2) is 0 Å². The van der Waals surface area contributed by atoms with Gasteiger partial charge in [0.1, 0.15) is 11.8 Å². The molecular weight excluding hydrogens is 266 g/mol. The summed E-state index contributed by atoms with van der Waals surface area (Å²) in [5.74, 6) is 0.644. The molecule has 0 aromatic carbocycles. The molecule has 0 bridgehead atoms. The summed E-state index contributed by atoms with van der Waals surface area (Å²) in [5.41, 5.74) is 6.96. The summed E-state index contributed by atoms with van der Waals surface area (Å²) >= 11 is 0. The maximum absolute atomic E-state index is 9.31. The van der Waals surface area contributed by atoms with Crippen LogP contribution < -0.4 is 10.5 Å². The minimum atomic E-state index is -0.225. The van der Waals surface area contributed by atoms with Crippen molar-refractivity contribution in [2.75, 3.05) is 19.5 Å². The summed E-state index contributed by atoms with van der Waals surface area (Å²) in [6, 6.07) is 4.28. The average Bonchev–Trinajstić information content (AvgIpc) is 3.07. The minimum absolute atomic E-state index is 0.225. The van der Waals surface area contributed by atoms with Gasteiger partial charge in [-0.05, 0) is 26.7 Å². The van der Waals surface area contributed by atoms with Crippen LogP contribution in [0.2, 0.25) is 0 Å². The molecule has 21 heavy (non-hydrogen) atoms. The highest BCUT2D eigenvalue weighted by molar-refractivity contribution is 5.55. The van der Waals surface area contributed by atoms with E-state index in [1.807, 2.05) is 18.4 Å². The quantitative estimate of drug-likeness (QED) is 0.873. The zero-order valence-electron chi connectivity index (χ0n) is 13.2. The van der Waals surface area contributed by atoms with Crippen molar-refractivity contribution >= 4 is 5.69 Å². The smallest absolute Gasteiger partial charge is 0.218 e. The monoisotopic (exact) mass is 291 g/mol. The van der Waals surface area contributed by atoms with E-state index in [0.29, 0.717) is 29.9 Å². The largest absolute Gasteiger partial charge is 0.477 e. The molecule has 116 valence electrons. The standard InChI is InChI=1S/C16H25N3O2/c1-16(2,20-3)8-9-21-15-14(18)10-13(11-17)19(15)12-6-4-5-7-12/h10,12H,4-9,18H2,1-3H3. The average molecular weight is 291 g/mol. The number of nitrogens with two attached hydrogens (primary N) is 1. The number of ether oxygens (including phenoxy) is 2. The molecule has 1 heterocycles. The molecule has 1 aliphatic rings. The maximum Gasteiger partial charge on any atom is 0.218 e. The number of nitriles is 1. The van der Waals surface area contributed by atoms with Crippen LogP contribution in [0.15, 0.2) is 6.07 Å². The highest BCUT2D eigenvalue weighted by Gasteiger charge is 2.25. The van der Waals surface area contributed by atoms with Gasteiger partial charge in [0.2, 0.25) is 5.88 Å². The fraction of sp³-hybridized carbons (Fsp3) is 0.688. The highest BCUT2D eigenvalue weighted by Crippen LogP contribution is 2.38. The Morgan fingerprint density at radius 3 is 2.67 bits per heavy atom. The number of nitrogens with zero attached hydrogens (tertiary/aromatic N) is 2. The molecule has 0 aliphatic heterocycles. The van der Waals surface area contributed by atoms with Crippen LogP contribution in [0.4, 0.5) is 5.69 Å². The van der Waals surface area contributed by atoms with Gasteiger partial charge in [-0.3, -0.25) is 4.57 Å². The van der Waals surface area contributed by atoms with E-state index < -0.39 is 0 Å². The summed E-state index contributed by atoms with van der Waals surface area (Å²) < 4.78 is 13.3. The fourth-order valence-electron chi connectivity index (χ4n) is 2.79. The van der Waals surface area contributed by atoms with Crippen LogP contribution in [0, 0.1) is 11.3 Å². The second kappa shape index (κ2) is 6.40. The van der Waals surface area contributed by atoms with E-state index >= 15 is 0 Å². The first-order valence-corrected chi connectivity index (χ1v) is 7.57. The van der Waals surface area contributed by atoms with E-state index in [-0.39, 0.29) is 5.60 Å². The van der Waals surface area contributed by atoms with Crippen molar-refractivity contribution in [3.63, 3.8) is 0 Å². The van der Waals surface area contributed by atoms with Crippen LogP contribution in [-0.2, 0) is 4.74 Å². The van der Waals surface area contributed by atoms with Gasteiger partial charge in [-0.2, -0.15) is 5.26 Å². The topological polar surface area (TPSA) is 73.2 Å². The Kier molecular flexibility index (Phi) is 4.79. The lowest BCUT2D eigenvalue weighted by molar-refractivity contribution is 0.00472. The van der Waals surface area contributed by atoms with Crippen molar-refractivity contribution in [2.45, 2.75) is 57.6 Å². The van der Waals surface area contributed by atoms with Crippen molar-refractivity contribution in [1.29, 1.82) is 5.26 Å². The Bertz CT molecular complexity index is 522. The molecule has 0 spiro atoms. The number of rotatable bonds is 6. The summed E-state index contributed by atoms with van der Waals surface area (Å²) in [7, 11) is 1.70. The molecule has 5 nitrogen and oxygen atoms in total. The molecule has 0 radical (unpaired) electrons. The predicted molar refractivity (Wildman–Crippen MR) is 82.3 cm³/mol.